The van der Waals surface area contributed by atoms with Crippen molar-refractivity contribution in [3.8, 4) is 23.7 Å². The number of benzene rings is 1. The van der Waals surface area contributed by atoms with E-state index in [0.717, 1.165) is 5.56 Å². The summed E-state index contributed by atoms with van der Waals surface area (Å²) in [6, 6.07) is 5.25. The number of carbonyl (C=O) groups excluding carboxylic acids is 1. The van der Waals surface area contributed by atoms with Crippen molar-refractivity contribution in [3.05, 3.63) is 28.2 Å². The molecule has 0 bridgehead atoms. The smallest absolute Gasteiger partial charge is 0.231 e. The zero-order chi connectivity index (χ0) is 18.4. The summed E-state index contributed by atoms with van der Waals surface area (Å²) in [5, 5.41) is 12.8. The molecule has 1 N–H and O–H groups in total. The fraction of sp³-hybridized carbons (Fsp3) is 0.353. The molecule has 0 atom stereocenters. The highest BCUT2D eigenvalue weighted by molar-refractivity contribution is 7.99. The van der Waals surface area contributed by atoms with E-state index >= 15 is 0 Å². The summed E-state index contributed by atoms with van der Waals surface area (Å²) in [7, 11) is 0. The fourth-order valence-corrected chi connectivity index (χ4v) is 3.40. The molecule has 132 valence electrons. The third kappa shape index (κ3) is 5.40. The van der Waals surface area contributed by atoms with Gasteiger partial charge in [0.05, 0.1) is 17.3 Å². The number of terminal acetylenes is 1. The Morgan fingerprint density at radius 1 is 1.40 bits per heavy atom. The molecule has 2 aromatic rings. The predicted molar refractivity (Wildman–Crippen MR) is 103 cm³/mol. The van der Waals surface area contributed by atoms with Crippen LogP contribution in [0.25, 0.3) is 11.4 Å². The summed E-state index contributed by atoms with van der Waals surface area (Å²) in [4.78, 5) is 11.8. The molecule has 0 aliphatic rings. The van der Waals surface area contributed by atoms with Crippen LogP contribution in [0.5, 0.6) is 0 Å². The van der Waals surface area contributed by atoms with E-state index in [2.05, 4.69) is 35.3 Å². The van der Waals surface area contributed by atoms with Gasteiger partial charge in [-0.25, -0.2) is 0 Å². The molecular weight excluding hydrogens is 379 g/mol. The second kappa shape index (κ2) is 9.14. The first-order valence-corrected chi connectivity index (χ1v) is 9.38. The Balaban J connectivity index is 2.28. The quantitative estimate of drug-likeness (QED) is 0.571. The maximum atomic E-state index is 11.8. The molecule has 1 amide bonds. The first-order valence-electron chi connectivity index (χ1n) is 7.64. The molecule has 8 heteroatoms. The minimum Gasteiger partial charge on any atom is -0.344 e. The van der Waals surface area contributed by atoms with Gasteiger partial charge in [-0.3, -0.25) is 4.79 Å². The molecule has 1 aromatic heterocycles. The lowest BCUT2D eigenvalue weighted by atomic mass is 10.2. The van der Waals surface area contributed by atoms with E-state index in [1.807, 2.05) is 10.6 Å². The molecule has 0 unspecified atom stereocenters. The van der Waals surface area contributed by atoms with Crippen molar-refractivity contribution in [1.82, 2.24) is 20.1 Å². The lowest BCUT2D eigenvalue weighted by molar-refractivity contribution is -0.118. The second-order valence-electron chi connectivity index (χ2n) is 5.70. The lowest BCUT2D eigenvalue weighted by Crippen LogP contribution is -2.25. The number of nitrogens with zero attached hydrogens (tertiary/aromatic N) is 3. The molecule has 5 nitrogen and oxygen atoms in total. The van der Waals surface area contributed by atoms with Crippen molar-refractivity contribution in [2.45, 2.75) is 25.5 Å². The van der Waals surface area contributed by atoms with E-state index in [1.54, 1.807) is 12.1 Å². The number of halogens is 2. The van der Waals surface area contributed by atoms with Crippen LogP contribution in [0.1, 0.15) is 13.8 Å². The normalized spacial score (nSPS) is 10.7. The minimum absolute atomic E-state index is 0.145. The van der Waals surface area contributed by atoms with Gasteiger partial charge in [-0.15, -0.1) is 16.6 Å². The van der Waals surface area contributed by atoms with Gasteiger partial charge in [0.2, 0.25) is 5.91 Å². The van der Waals surface area contributed by atoms with Crippen LogP contribution in [0.4, 0.5) is 0 Å². The first-order chi connectivity index (χ1) is 11.9. The number of carbonyl (C=O) groups is 1. The second-order valence-corrected chi connectivity index (χ2v) is 7.49. The topological polar surface area (TPSA) is 59.8 Å². The summed E-state index contributed by atoms with van der Waals surface area (Å²) >= 11 is 13.6. The van der Waals surface area contributed by atoms with Gasteiger partial charge in [0.15, 0.2) is 11.0 Å². The maximum absolute atomic E-state index is 11.8. The summed E-state index contributed by atoms with van der Waals surface area (Å²) in [5.74, 6) is 3.47. The number of amides is 1. The van der Waals surface area contributed by atoms with Crippen molar-refractivity contribution in [2.75, 3.05) is 12.3 Å². The van der Waals surface area contributed by atoms with E-state index in [9.17, 15) is 4.79 Å². The maximum Gasteiger partial charge on any atom is 0.231 e. The van der Waals surface area contributed by atoms with E-state index in [0.29, 0.717) is 33.5 Å². The van der Waals surface area contributed by atoms with E-state index < -0.39 is 0 Å². The Morgan fingerprint density at radius 3 is 2.80 bits per heavy atom. The number of hydrogen-bond acceptors (Lipinski definition) is 4. The average molecular weight is 397 g/mol. The molecule has 1 heterocycles. The van der Waals surface area contributed by atoms with Gasteiger partial charge in [0, 0.05) is 17.1 Å². The van der Waals surface area contributed by atoms with Crippen LogP contribution in [-0.4, -0.2) is 33.0 Å². The number of nitrogens with one attached hydrogen (secondary N) is 1. The van der Waals surface area contributed by atoms with Crippen LogP contribution in [0.3, 0.4) is 0 Å². The van der Waals surface area contributed by atoms with Crippen LogP contribution < -0.4 is 5.32 Å². The summed E-state index contributed by atoms with van der Waals surface area (Å²) < 4.78 is 1.97. The van der Waals surface area contributed by atoms with Crippen LogP contribution in [-0.2, 0) is 11.3 Å². The summed E-state index contributed by atoms with van der Waals surface area (Å²) in [6.45, 7) is 5.11. The number of aromatic nitrogens is 3. The van der Waals surface area contributed by atoms with Crippen molar-refractivity contribution in [1.29, 1.82) is 0 Å². The monoisotopic (exact) mass is 396 g/mol. The SMILES string of the molecule is C#CCNC(=O)CSc1nnc(-c2ccc(Cl)cc2Cl)n1CC(C)C. The minimum atomic E-state index is -0.145. The third-order valence-corrected chi connectivity index (χ3v) is 4.67. The number of hydrogen-bond donors (Lipinski definition) is 1. The summed E-state index contributed by atoms with van der Waals surface area (Å²) in [6.07, 6.45) is 5.14. The van der Waals surface area contributed by atoms with Crippen molar-refractivity contribution >= 4 is 40.9 Å². The zero-order valence-corrected chi connectivity index (χ0v) is 16.3. The van der Waals surface area contributed by atoms with Gasteiger partial charge in [0.25, 0.3) is 0 Å². The van der Waals surface area contributed by atoms with Gasteiger partial charge < -0.3 is 9.88 Å². The van der Waals surface area contributed by atoms with Crippen LogP contribution in [0, 0.1) is 18.3 Å². The molecule has 0 aliphatic carbocycles. The Labute approximate surface area is 161 Å². The molecular formula is C17H18Cl2N4OS. The molecule has 0 fully saturated rings. The average Bonchev–Trinajstić information content (AvgIpc) is 2.93. The van der Waals surface area contributed by atoms with E-state index in [-0.39, 0.29) is 18.2 Å². The van der Waals surface area contributed by atoms with Gasteiger partial charge in [0.1, 0.15) is 0 Å². The Kier molecular flexibility index (Phi) is 7.18. The van der Waals surface area contributed by atoms with Crippen LogP contribution >= 0.6 is 35.0 Å². The Hall–Kier alpha value is -1.68. The van der Waals surface area contributed by atoms with Crippen LogP contribution in [0.2, 0.25) is 10.0 Å². The first kappa shape index (κ1) is 19.6. The standard InChI is InChI=1S/C17H18Cl2N4OS/c1-4-7-20-15(24)10-25-17-22-21-16(23(17)9-11(2)3)13-6-5-12(18)8-14(13)19/h1,5-6,8,11H,7,9-10H2,2-3H3,(H,20,24). The van der Waals surface area contributed by atoms with Crippen molar-refractivity contribution in [2.24, 2.45) is 5.92 Å². The molecule has 0 spiro atoms. The van der Waals surface area contributed by atoms with Crippen molar-refractivity contribution < 1.29 is 4.79 Å². The Morgan fingerprint density at radius 2 is 2.16 bits per heavy atom. The largest absolute Gasteiger partial charge is 0.344 e. The molecule has 1 aromatic carbocycles. The molecule has 0 saturated carbocycles. The van der Waals surface area contributed by atoms with Crippen molar-refractivity contribution in [3.63, 3.8) is 0 Å². The highest BCUT2D eigenvalue weighted by Gasteiger charge is 2.18. The van der Waals surface area contributed by atoms with Gasteiger partial charge >= 0.3 is 0 Å². The third-order valence-electron chi connectivity index (χ3n) is 3.16. The molecule has 0 aliphatic heterocycles. The molecule has 0 saturated heterocycles. The molecule has 25 heavy (non-hydrogen) atoms. The number of rotatable bonds is 7. The Bertz CT molecular complexity index is 798. The molecule has 2 rings (SSSR count). The van der Waals surface area contributed by atoms with Crippen LogP contribution in [0.15, 0.2) is 23.4 Å². The van der Waals surface area contributed by atoms with E-state index in [4.69, 9.17) is 29.6 Å². The summed E-state index contributed by atoms with van der Waals surface area (Å²) in [5.41, 5.74) is 0.753. The highest BCUT2D eigenvalue weighted by atomic mass is 35.5. The van der Waals surface area contributed by atoms with E-state index in [1.165, 1.54) is 11.8 Å². The van der Waals surface area contributed by atoms with Gasteiger partial charge in [-0.05, 0) is 24.1 Å². The van der Waals surface area contributed by atoms with Gasteiger partial charge in [-0.2, -0.15) is 0 Å². The lowest BCUT2D eigenvalue weighted by Gasteiger charge is -2.13. The van der Waals surface area contributed by atoms with Gasteiger partial charge in [-0.1, -0.05) is 54.7 Å². The zero-order valence-electron chi connectivity index (χ0n) is 13.9. The predicted octanol–water partition coefficient (Wildman–Crippen LogP) is 3.75. The molecule has 0 radical (unpaired) electrons. The fourth-order valence-electron chi connectivity index (χ4n) is 2.13. The highest BCUT2D eigenvalue weighted by Crippen LogP contribution is 2.31. The number of thioether (sulfide) groups is 1.